The van der Waals surface area contributed by atoms with Crippen molar-refractivity contribution in [1.29, 1.82) is 0 Å². The monoisotopic (exact) mass is 244 g/mol. The van der Waals surface area contributed by atoms with E-state index >= 15 is 0 Å². The van der Waals surface area contributed by atoms with Crippen LogP contribution in [0.5, 0.6) is 0 Å². The zero-order valence-corrected chi connectivity index (χ0v) is 11.1. The molecular formula is C14H20N4. The number of rotatable bonds is 2. The predicted octanol–water partition coefficient (Wildman–Crippen LogP) is 1.44. The normalized spacial score (nSPS) is 21.6. The predicted molar refractivity (Wildman–Crippen MR) is 72.7 cm³/mol. The van der Waals surface area contributed by atoms with Gasteiger partial charge in [-0.3, -0.25) is 4.90 Å². The van der Waals surface area contributed by atoms with Gasteiger partial charge in [0, 0.05) is 38.4 Å². The zero-order chi connectivity index (χ0) is 12.5. The quantitative estimate of drug-likeness (QED) is 0.867. The second-order valence-corrected chi connectivity index (χ2v) is 5.27. The van der Waals surface area contributed by atoms with Crippen LogP contribution < -0.4 is 5.32 Å². The molecule has 18 heavy (non-hydrogen) atoms. The molecule has 0 saturated carbocycles. The van der Waals surface area contributed by atoms with E-state index < -0.39 is 0 Å². The van der Waals surface area contributed by atoms with Gasteiger partial charge in [0.25, 0.3) is 0 Å². The Kier molecular flexibility index (Phi) is 3.06. The summed E-state index contributed by atoms with van der Waals surface area (Å²) in [5.41, 5.74) is 3.59. The van der Waals surface area contributed by atoms with E-state index in [1.54, 1.807) is 0 Å². The molecule has 1 saturated heterocycles. The summed E-state index contributed by atoms with van der Waals surface area (Å²) in [6, 6.07) is 4.85. The first-order chi connectivity index (χ1) is 8.72. The Morgan fingerprint density at radius 2 is 2.39 bits per heavy atom. The Labute approximate surface area is 108 Å². The van der Waals surface area contributed by atoms with Crippen molar-refractivity contribution >= 4 is 5.65 Å². The van der Waals surface area contributed by atoms with Gasteiger partial charge in [-0.15, -0.1) is 0 Å². The molecule has 96 valence electrons. The standard InChI is InChI=1S/C14H20N4/c1-11-3-5-18-13(8-16-14(18)7-11)10-17-6-4-15-12(2)9-17/h3,5,7-8,12,15H,4,6,9-10H2,1-2H3/t12-/m1/s1. The van der Waals surface area contributed by atoms with Crippen LogP contribution in [0.25, 0.3) is 5.65 Å². The molecule has 1 atom stereocenters. The van der Waals surface area contributed by atoms with Gasteiger partial charge < -0.3 is 9.72 Å². The SMILES string of the molecule is Cc1ccn2c(CN3CCN[C@H](C)C3)cnc2c1. The van der Waals surface area contributed by atoms with Crippen molar-refractivity contribution in [1.82, 2.24) is 19.6 Å². The molecule has 1 aliphatic rings. The van der Waals surface area contributed by atoms with Crippen molar-refractivity contribution in [3.63, 3.8) is 0 Å². The first-order valence-corrected chi connectivity index (χ1v) is 6.61. The van der Waals surface area contributed by atoms with Crippen molar-refractivity contribution in [2.75, 3.05) is 19.6 Å². The van der Waals surface area contributed by atoms with E-state index in [4.69, 9.17) is 0 Å². The van der Waals surface area contributed by atoms with Crippen molar-refractivity contribution in [2.24, 2.45) is 0 Å². The van der Waals surface area contributed by atoms with Crippen molar-refractivity contribution in [3.8, 4) is 0 Å². The Hall–Kier alpha value is -1.39. The van der Waals surface area contributed by atoms with Gasteiger partial charge in [-0.05, 0) is 31.5 Å². The van der Waals surface area contributed by atoms with Gasteiger partial charge in [0.1, 0.15) is 5.65 Å². The fraction of sp³-hybridized carbons (Fsp3) is 0.500. The molecule has 1 N–H and O–H groups in total. The lowest BCUT2D eigenvalue weighted by Gasteiger charge is -2.31. The maximum absolute atomic E-state index is 4.48. The molecule has 1 fully saturated rings. The van der Waals surface area contributed by atoms with Gasteiger partial charge in [-0.2, -0.15) is 0 Å². The second-order valence-electron chi connectivity index (χ2n) is 5.27. The lowest BCUT2D eigenvalue weighted by Crippen LogP contribution is -2.48. The number of hydrogen-bond acceptors (Lipinski definition) is 3. The molecule has 0 amide bonds. The van der Waals surface area contributed by atoms with E-state index in [2.05, 4.69) is 51.8 Å². The van der Waals surface area contributed by atoms with Gasteiger partial charge >= 0.3 is 0 Å². The highest BCUT2D eigenvalue weighted by molar-refractivity contribution is 5.42. The first-order valence-electron chi connectivity index (χ1n) is 6.61. The van der Waals surface area contributed by atoms with E-state index in [1.807, 2.05) is 6.20 Å². The Bertz CT molecular complexity index is 546. The van der Waals surface area contributed by atoms with Crippen LogP contribution in [-0.4, -0.2) is 40.0 Å². The number of pyridine rings is 1. The second kappa shape index (κ2) is 4.71. The van der Waals surface area contributed by atoms with Crippen LogP contribution in [0.15, 0.2) is 24.5 Å². The highest BCUT2D eigenvalue weighted by atomic mass is 15.2. The summed E-state index contributed by atoms with van der Waals surface area (Å²) in [5, 5.41) is 3.47. The fourth-order valence-electron chi connectivity index (χ4n) is 2.64. The number of fused-ring (bicyclic) bond motifs is 1. The number of nitrogens with one attached hydrogen (secondary N) is 1. The van der Waals surface area contributed by atoms with Crippen molar-refractivity contribution in [2.45, 2.75) is 26.4 Å². The minimum Gasteiger partial charge on any atom is -0.312 e. The molecule has 3 heterocycles. The molecule has 3 rings (SSSR count). The maximum atomic E-state index is 4.48. The van der Waals surface area contributed by atoms with Crippen molar-refractivity contribution in [3.05, 3.63) is 35.8 Å². The third-order valence-corrected chi connectivity index (χ3v) is 3.58. The Morgan fingerprint density at radius 1 is 1.50 bits per heavy atom. The average molecular weight is 244 g/mol. The summed E-state index contributed by atoms with van der Waals surface area (Å²) in [5.74, 6) is 0. The summed E-state index contributed by atoms with van der Waals surface area (Å²) in [6.07, 6.45) is 4.13. The van der Waals surface area contributed by atoms with Gasteiger partial charge in [-0.25, -0.2) is 4.98 Å². The maximum Gasteiger partial charge on any atom is 0.137 e. The van der Waals surface area contributed by atoms with E-state index in [0.717, 1.165) is 31.8 Å². The van der Waals surface area contributed by atoms with Crippen LogP contribution in [0.2, 0.25) is 0 Å². The third kappa shape index (κ3) is 2.26. The van der Waals surface area contributed by atoms with Crippen LogP contribution in [0.1, 0.15) is 18.2 Å². The molecule has 4 heteroatoms. The van der Waals surface area contributed by atoms with E-state index in [-0.39, 0.29) is 0 Å². The molecular weight excluding hydrogens is 224 g/mol. The lowest BCUT2D eigenvalue weighted by molar-refractivity contribution is 0.197. The van der Waals surface area contributed by atoms with Crippen LogP contribution in [0.3, 0.4) is 0 Å². The van der Waals surface area contributed by atoms with Gasteiger partial charge in [0.2, 0.25) is 0 Å². The molecule has 0 spiro atoms. The minimum absolute atomic E-state index is 0.584. The molecule has 0 aliphatic carbocycles. The smallest absolute Gasteiger partial charge is 0.137 e. The summed E-state index contributed by atoms with van der Waals surface area (Å²) in [4.78, 5) is 6.98. The molecule has 0 radical (unpaired) electrons. The summed E-state index contributed by atoms with van der Waals surface area (Å²) >= 11 is 0. The average Bonchev–Trinajstić information content (AvgIpc) is 2.72. The number of hydrogen-bond donors (Lipinski definition) is 1. The largest absolute Gasteiger partial charge is 0.312 e. The van der Waals surface area contributed by atoms with Crippen LogP contribution in [-0.2, 0) is 6.54 Å². The summed E-state index contributed by atoms with van der Waals surface area (Å²) in [7, 11) is 0. The zero-order valence-electron chi connectivity index (χ0n) is 11.1. The number of imidazole rings is 1. The van der Waals surface area contributed by atoms with Crippen LogP contribution in [0.4, 0.5) is 0 Å². The van der Waals surface area contributed by atoms with Gasteiger partial charge in [-0.1, -0.05) is 0 Å². The Morgan fingerprint density at radius 3 is 3.22 bits per heavy atom. The van der Waals surface area contributed by atoms with E-state index in [0.29, 0.717) is 6.04 Å². The third-order valence-electron chi connectivity index (χ3n) is 3.58. The number of nitrogens with zero attached hydrogens (tertiary/aromatic N) is 3. The molecule has 4 nitrogen and oxygen atoms in total. The molecule has 0 aromatic carbocycles. The first kappa shape index (κ1) is 11.7. The lowest BCUT2D eigenvalue weighted by atomic mass is 10.2. The van der Waals surface area contributed by atoms with E-state index in [1.165, 1.54) is 11.3 Å². The van der Waals surface area contributed by atoms with Gasteiger partial charge in [0.15, 0.2) is 0 Å². The molecule has 0 bridgehead atoms. The number of aromatic nitrogens is 2. The fourth-order valence-corrected chi connectivity index (χ4v) is 2.64. The molecule has 0 unspecified atom stereocenters. The summed E-state index contributed by atoms with van der Waals surface area (Å²) in [6.45, 7) is 8.63. The molecule has 2 aromatic rings. The topological polar surface area (TPSA) is 32.6 Å². The number of piperazine rings is 1. The molecule has 1 aliphatic heterocycles. The Balaban J connectivity index is 1.82. The molecule has 2 aromatic heterocycles. The van der Waals surface area contributed by atoms with Gasteiger partial charge in [0.05, 0.1) is 11.9 Å². The van der Waals surface area contributed by atoms with E-state index in [9.17, 15) is 0 Å². The van der Waals surface area contributed by atoms with Crippen LogP contribution in [0, 0.1) is 6.92 Å². The minimum atomic E-state index is 0.584. The number of aryl methyl sites for hydroxylation is 1. The summed E-state index contributed by atoms with van der Waals surface area (Å²) < 4.78 is 2.19. The van der Waals surface area contributed by atoms with Crippen molar-refractivity contribution < 1.29 is 0 Å². The van der Waals surface area contributed by atoms with Crippen LogP contribution >= 0.6 is 0 Å². The highest BCUT2D eigenvalue weighted by Gasteiger charge is 2.16. The highest BCUT2D eigenvalue weighted by Crippen LogP contribution is 2.12.